The number of nitrogens with one attached hydrogen (secondary N) is 2. The normalized spacial score (nSPS) is 10.9. The van der Waals surface area contributed by atoms with Crippen LogP contribution in [0.2, 0.25) is 0 Å². The number of rotatable bonds is 9. The third kappa shape index (κ3) is 8.33. The molecule has 0 bridgehead atoms. The van der Waals surface area contributed by atoms with E-state index < -0.39 is 0 Å². The van der Waals surface area contributed by atoms with Gasteiger partial charge in [0.1, 0.15) is 11.5 Å². The van der Waals surface area contributed by atoms with E-state index in [4.69, 9.17) is 9.47 Å². The van der Waals surface area contributed by atoms with Crippen molar-refractivity contribution >= 4 is 41.3 Å². The molecule has 0 atom stereocenters. The van der Waals surface area contributed by atoms with Crippen molar-refractivity contribution in [3.63, 3.8) is 0 Å². The van der Waals surface area contributed by atoms with Crippen molar-refractivity contribution in [3.8, 4) is 17.4 Å². The SMILES string of the molecule is CCOc1ccc(Oc2cc(CNC(=NC)NCCc3ncc(C)s3)ccn2)cc1.I. The van der Waals surface area contributed by atoms with Crippen molar-refractivity contribution in [2.75, 3.05) is 20.2 Å². The minimum Gasteiger partial charge on any atom is -0.494 e. The molecule has 0 saturated heterocycles. The molecule has 31 heavy (non-hydrogen) atoms. The van der Waals surface area contributed by atoms with Gasteiger partial charge in [-0.15, -0.1) is 35.3 Å². The molecular weight excluding hydrogens is 525 g/mol. The Kier molecular flexibility index (Phi) is 10.5. The molecule has 0 aliphatic rings. The molecule has 0 spiro atoms. The van der Waals surface area contributed by atoms with Crippen LogP contribution < -0.4 is 20.1 Å². The van der Waals surface area contributed by atoms with Crippen LogP contribution in [0.1, 0.15) is 22.4 Å². The van der Waals surface area contributed by atoms with Crippen LogP contribution in [-0.2, 0) is 13.0 Å². The van der Waals surface area contributed by atoms with Gasteiger partial charge in [-0.05, 0) is 49.7 Å². The fourth-order valence-corrected chi connectivity index (χ4v) is 3.51. The number of guanidine groups is 1. The van der Waals surface area contributed by atoms with Gasteiger partial charge in [0, 0.05) is 49.9 Å². The van der Waals surface area contributed by atoms with Crippen LogP contribution in [-0.4, -0.2) is 36.1 Å². The molecule has 3 aromatic rings. The summed E-state index contributed by atoms with van der Waals surface area (Å²) in [6.07, 6.45) is 4.51. The van der Waals surface area contributed by atoms with Crippen LogP contribution in [0.25, 0.3) is 0 Å². The molecule has 1 aromatic carbocycles. The highest BCUT2D eigenvalue weighted by Crippen LogP contribution is 2.23. The largest absolute Gasteiger partial charge is 0.494 e. The number of aromatic nitrogens is 2. The average Bonchev–Trinajstić information content (AvgIpc) is 3.17. The molecule has 0 amide bonds. The van der Waals surface area contributed by atoms with E-state index >= 15 is 0 Å². The molecule has 0 fully saturated rings. The number of thiazole rings is 1. The Morgan fingerprint density at radius 1 is 1.10 bits per heavy atom. The number of hydrogen-bond acceptors (Lipinski definition) is 6. The predicted octanol–water partition coefficient (Wildman–Crippen LogP) is 4.56. The summed E-state index contributed by atoms with van der Waals surface area (Å²) >= 11 is 1.72. The molecule has 7 nitrogen and oxygen atoms in total. The Morgan fingerprint density at radius 2 is 1.87 bits per heavy atom. The van der Waals surface area contributed by atoms with Gasteiger partial charge in [0.25, 0.3) is 0 Å². The molecule has 0 saturated carbocycles. The van der Waals surface area contributed by atoms with Gasteiger partial charge in [-0.25, -0.2) is 9.97 Å². The smallest absolute Gasteiger partial charge is 0.219 e. The van der Waals surface area contributed by atoms with E-state index in [1.165, 1.54) is 4.88 Å². The Hall–Kier alpha value is -2.40. The minimum absolute atomic E-state index is 0. The van der Waals surface area contributed by atoms with E-state index in [0.717, 1.165) is 35.2 Å². The van der Waals surface area contributed by atoms with E-state index in [9.17, 15) is 0 Å². The summed E-state index contributed by atoms with van der Waals surface area (Å²) in [5, 5.41) is 7.75. The first kappa shape index (κ1) is 24.9. The molecular formula is C22H28IN5O2S. The highest BCUT2D eigenvalue weighted by atomic mass is 127. The number of halogens is 1. The second kappa shape index (κ2) is 13.1. The monoisotopic (exact) mass is 553 g/mol. The van der Waals surface area contributed by atoms with Gasteiger partial charge in [0.15, 0.2) is 5.96 Å². The van der Waals surface area contributed by atoms with E-state index in [2.05, 4.69) is 32.5 Å². The number of ether oxygens (including phenoxy) is 2. The lowest BCUT2D eigenvalue weighted by Crippen LogP contribution is -2.37. The maximum absolute atomic E-state index is 5.86. The zero-order chi connectivity index (χ0) is 21.2. The Balaban J connectivity index is 0.00000341. The first-order chi connectivity index (χ1) is 14.7. The molecule has 0 aliphatic heterocycles. The van der Waals surface area contributed by atoms with Crippen LogP contribution in [0, 0.1) is 6.92 Å². The zero-order valence-corrected chi connectivity index (χ0v) is 21.1. The van der Waals surface area contributed by atoms with Crippen molar-refractivity contribution in [1.82, 2.24) is 20.6 Å². The van der Waals surface area contributed by atoms with E-state index in [-0.39, 0.29) is 24.0 Å². The quantitative estimate of drug-likeness (QED) is 0.230. The van der Waals surface area contributed by atoms with Gasteiger partial charge < -0.3 is 20.1 Å². The van der Waals surface area contributed by atoms with Crippen molar-refractivity contribution in [2.45, 2.75) is 26.8 Å². The van der Waals surface area contributed by atoms with E-state index in [1.54, 1.807) is 24.6 Å². The maximum Gasteiger partial charge on any atom is 0.219 e. The fraction of sp³-hybridized carbons (Fsp3) is 0.318. The Labute approximate surface area is 204 Å². The molecule has 2 N–H and O–H groups in total. The molecule has 9 heteroatoms. The predicted molar refractivity (Wildman–Crippen MR) is 136 cm³/mol. The zero-order valence-electron chi connectivity index (χ0n) is 17.9. The van der Waals surface area contributed by atoms with Gasteiger partial charge in [-0.1, -0.05) is 0 Å². The van der Waals surface area contributed by atoms with Gasteiger partial charge in [-0.2, -0.15) is 0 Å². The van der Waals surface area contributed by atoms with Crippen LogP contribution in [0.3, 0.4) is 0 Å². The van der Waals surface area contributed by atoms with E-state index in [0.29, 0.717) is 24.8 Å². The van der Waals surface area contributed by atoms with E-state index in [1.807, 2.05) is 49.5 Å². The standard InChI is InChI=1S/C22H27N5O2S.HI/c1-4-28-18-5-7-19(8-6-18)29-20-13-17(9-11-24-20)15-27-22(23-3)25-12-10-21-26-14-16(2)30-21;/h5-9,11,13-14H,4,10,12,15H2,1-3H3,(H2,23,25,27);1H. The van der Waals surface area contributed by atoms with Gasteiger partial charge in [0.05, 0.1) is 11.6 Å². The Morgan fingerprint density at radius 3 is 2.55 bits per heavy atom. The first-order valence-electron chi connectivity index (χ1n) is 9.87. The summed E-state index contributed by atoms with van der Waals surface area (Å²) in [5.74, 6) is 2.82. The third-order valence-electron chi connectivity index (χ3n) is 4.14. The lowest BCUT2D eigenvalue weighted by Gasteiger charge is -2.12. The highest BCUT2D eigenvalue weighted by Gasteiger charge is 2.04. The first-order valence-corrected chi connectivity index (χ1v) is 10.7. The fourth-order valence-electron chi connectivity index (χ4n) is 2.72. The van der Waals surface area contributed by atoms with Crippen LogP contribution in [0.5, 0.6) is 17.4 Å². The number of aryl methyl sites for hydroxylation is 1. The number of aliphatic imine (C=N–C) groups is 1. The van der Waals surface area contributed by atoms with Crippen LogP contribution in [0.15, 0.2) is 53.8 Å². The van der Waals surface area contributed by atoms with Crippen molar-refractivity contribution in [2.24, 2.45) is 4.99 Å². The molecule has 0 radical (unpaired) electrons. The van der Waals surface area contributed by atoms with Gasteiger partial charge >= 0.3 is 0 Å². The summed E-state index contributed by atoms with van der Waals surface area (Å²) < 4.78 is 11.3. The van der Waals surface area contributed by atoms with Gasteiger partial charge in [0.2, 0.25) is 5.88 Å². The second-order valence-electron chi connectivity index (χ2n) is 6.48. The second-order valence-corrected chi connectivity index (χ2v) is 7.80. The number of nitrogens with zero attached hydrogens (tertiary/aromatic N) is 3. The summed E-state index contributed by atoms with van der Waals surface area (Å²) in [7, 11) is 1.76. The Bertz CT molecular complexity index is 963. The maximum atomic E-state index is 5.86. The third-order valence-corrected chi connectivity index (χ3v) is 5.11. The lowest BCUT2D eigenvalue weighted by atomic mass is 10.2. The van der Waals surface area contributed by atoms with Crippen molar-refractivity contribution in [3.05, 3.63) is 64.2 Å². The summed E-state index contributed by atoms with van der Waals surface area (Å²) in [6, 6.07) is 11.4. The molecule has 3 rings (SSSR count). The number of pyridine rings is 1. The summed E-state index contributed by atoms with van der Waals surface area (Å²) in [6.45, 7) is 6.05. The minimum atomic E-state index is 0. The molecule has 0 unspecified atom stereocenters. The number of hydrogen-bond donors (Lipinski definition) is 2. The highest BCUT2D eigenvalue weighted by molar-refractivity contribution is 14.0. The molecule has 2 heterocycles. The van der Waals surface area contributed by atoms with Crippen molar-refractivity contribution < 1.29 is 9.47 Å². The topological polar surface area (TPSA) is 80.7 Å². The summed E-state index contributed by atoms with van der Waals surface area (Å²) in [5.41, 5.74) is 1.05. The molecule has 0 aliphatic carbocycles. The lowest BCUT2D eigenvalue weighted by molar-refractivity contribution is 0.339. The van der Waals surface area contributed by atoms with Crippen LogP contribution >= 0.6 is 35.3 Å². The molecule has 2 aromatic heterocycles. The summed E-state index contributed by atoms with van der Waals surface area (Å²) in [4.78, 5) is 14.2. The average molecular weight is 553 g/mol. The number of benzene rings is 1. The van der Waals surface area contributed by atoms with Crippen LogP contribution in [0.4, 0.5) is 0 Å². The molecule has 166 valence electrons. The van der Waals surface area contributed by atoms with Crippen molar-refractivity contribution in [1.29, 1.82) is 0 Å². The van der Waals surface area contributed by atoms with Gasteiger partial charge in [-0.3, -0.25) is 4.99 Å².